The van der Waals surface area contributed by atoms with Crippen molar-refractivity contribution in [3.05, 3.63) is 59.1 Å². The average Bonchev–Trinajstić information content (AvgIpc) is 2.96. The summed E-state index contributed by atoms with van der Waals surface area (Å²) in [5.41, 5.74) is 7.12. The Morgan fingerprint density at radius 2 is 1.96 bits per heavy atom. The molecule has 1 aromatic heterocycles. The molecule has 6 heteroatoms. The molecular weight excluding hydrogens is 310 g/mol. The number of carbonyl (C=O) groups is 2. The predicted molar refractivity (Wildman–Crippen MR) is 91.5 cm³/mol. The van der Waals surface area contributed by atoms with E-state index in [2.05, 4.69) is 10.3 Å². The van der Waals surface area contributed by atoms with E-state index in [1.54, 1.807) is 35.6 Å². The van der Waals surface area contributed by atoms with E-state index in [1.165, 1.54) is 0 Å². The SMILES string of the molecule is NC(=O)c1cccc(NC(=O)CCc2nc3ccccc3s2)c1. The third-order valence-corrected chi connectivity index (χ3v) is 4.43. The van der Waals surface area contributed by atoms with Gasteiger partial charge in [-0.15, -0.1) is 11.3 Å². The Morgan fingerprint density at radius 3 is 2.74 bits per heavy atom. The zero-order chi connectivity index (χ0) is 16.2. The van der Waals surface area contributed by atoms with Crippen LogP contribution in [0.4, 0.5) is 5.69 Å². The summed E-state index contributed by atoms with van der Waals surface area (Å²) in [5.74, 6) is -0.638. The van der Waals surface area contributed by atoms with Crippen molar-refractivity contribution in [3.8, 4) is 0 Å². The van der Waals surface area contributed by atoms with Crippen LogP contribution in [0.3, 0.4) is 0 Å². The molecule has 0 atom stereocenters. The number of nitrogens with two attached hydrogens (primary N) is 1. The lowest BCUT2D eigenvalue weighted by Crippen LogP contribution is -2.14. The average molecular weight is 325 g/mol. The Morgan fingerprint density at radius 1 is 1.13 bits per heavy atom. The lowest BCUT2D eigenvalue weighted by molar-refractivity contribution is -0.116. The van der Waals surface area contributed by atoms with Gasteiger partial charge in [-0.1, -0.05) is 18.2 Å². The minimum atomic E-state index is -0.518. The molecule has 3 N–H and O–H groups in total. The minimum absolute atomic E-state index is 0.120. The number of aryl methyl sites for hydroxylation is 1. The second-order valence-corrected chi connectivity index (χ2v) is 6.18. The summed E-state index contributed by atoms with van der Waals surface area (Å²) in [5, 5.41) is 3.71. The van der Waals surface area contributed by atoms with Crippen LogP contribution in [-0.4, -0.2) is 16.8 Å². The summed E-state index contributed by atoms with van der Waals surface area (Å²) in [6, 6.07) is 14.5. The highest BCUT2D eigenvalue weighted by molar-refractivity contribution is 7.18. The Bertz CT molecular complexity index is 840. The largest absolute Gasteiger partial charge is 0.366 e. The second-order valence-electron chi connectivity index (χ2n) is 5.07. The fourth-order valence-electron chi connectivity index (χ4n) is 2.22. The Balaban J connectivity index is 1.61. The summed E-state index contributed by atoms with van der Waals surface area (Å²) in [7, 11) is 0. The van der Waals surface area contributed by atoms with Gasteiger partial charge in [0.15, 0.2) is 0 Å². The number of aromatic nitrogens is 1. The fraction of sp³-hybridized carbons (Fsp3) is 0.118. The van der Waals surface area contributed by atoms with Crippen molar-refractivity contribution in [1.29, 1.82) is 0 Å². The van der Waals surface area contributed by atoms with Crippen LogP contribution >= 0.6 is 11.3 Å². The number of para-hydroxylation sites is 1. The Labute approximate surface area is 137 Å². The van der Waals surface area contributed by atoms with E-state index < -0.39 is 5.91 Å². The highest BCUT2D eigenvalue weighted by atomic mass is 32.1. The van der Waals surface area contributed by atoms with Gasteiger partial charge in [0.1, 0.15) is 0 Å². The van der Waals surface area contributed by atoms with E-state index in [0.29, 0.717) is 24.1 Å². The summed E-state index contributed by atoms with van der Waals surface area (Å²) in [4.78, 5) is 27.7. The van der Waals surface area contributed by atoms with Crippen LogP contribution in [0.2, 0.25) is 0 Å². The number of anilines is 1. The highest BCUT2D eigenvalue weighted by Gasteiger charge is 2.08. The van der Waals surface area contributed by atoms with Crippen molar-refractivity contribution >= 4 is 39.1 Å². The van der Waals surface area contributed by atoms with E-state index in [9.17, 15) is 9.59 Å². The smallest absolute Gasteiger partial charge is 0.248 e. The van der Waals surface area contributed by atoms with E-state index in [-0.39, 0.29) is 5.91 Å². The maximum atomic E-state index is 12.0. The summed E-state index contributed by atoms with van der Waals surface area (Å²) < 4.78 is 1.12. The first kappa shape index (κ1) is 15.2. The molecule has 0 spiro atoms. The van der Waals surface area contributed by atoms with Gasteiger partial charge in [-0.2, -0.15) is 0 Å². The standard InChI is InChI=1S/C17H15N3O2S/c18-17(22)11-4-3-5-12(10-11)19-15(21)8-9-16-20-13-6-1-2-7-14(13)23-16/h1-7,10H,8-9H2,(H2,18,22)(H,19,21). The molecule has 0 saturated heterocycles. The molecule has 5 nitrogen and oxygen atoms in total. The maximum Gasteiger partial charge on any atom is 0.248 e. The zero-order valence-electron chi connectivity index (χ0n) is 12.3. The topological polar surface area (TPSA) is 85.1 Å². The third kappa shape index (κ3) is 3.73. The van der Waals surface area contributed by atoms with Crippen molar-refractivity contribution in [2.75, 3.05) is 5.32 Å². The van der Waals surface area contributed by atoms with E-state index in [1.807, 2.05) is 24.3 Å². The van der Waals surface area contributed by atoms with Crippen molar-refractivity contribution in [2.24, 2.45) is 5.73 Å². The first-order valence-corrected chi connectivity index (χ1v) is 7.97. The second kappa shape index (κ2) is 6.58. The van der Waals surface area contributed by atoms with Crippen LogP contribution < -0.4 is 11.1 Å². The van der Waals surface area contributed by atoms with Crippen molar-refractivity contribution in [1.82, 2.24) is 4.98 Å². The predicted octanol–water partition coefficient (Wildman–Crippen LogP) is 2.97. The first-order valence-electron chi connectivity index (χ1n) is 7.16. The summed E-state index contributed by atoms with van der Waals surface area (Å²) in [6.07, 6.45) is 0.918. The monoisotopic (exact) mass is 325 g/mol. The molecule has 0 bridgehead atoms. The van der Waals surface area contributed by atoms with Gasteiger partial charge in [-0.3, -0.25) is 9.59 Å². The van der Waals surface area contributed by atoms with E-state index in [0.717, 1.165) is 15.2 Å². The number of thiazole rings is 1. The first-order chi connectivity index (χ1) is 11.1. The summed E-state index contributed by atoms with van der Waals surface area (Å²) in [6.45, 7) is 0. The van der Waals surface area contributed by atoms with Crippen molar-refractivity contribution < 1.29 is 9.59 Å². The molecule has 3 aromatic rings. The number of amides is 2. The zero-order valence-corrected chi connectivity index (χ0v) is 13.1. The van der Waals surface area contributed by atoms with Gasteiger partial charge in [0, 0.05) is 24.1 Å². The highest BCUT2D eigenvalue weighted by Crippen LogP contribution is 2.22. The number of primary amides is 1. The molecule has 0 saturated carbocycles. The number of nitrogens with one attached hydrogen (secondary N) is 1. The molecule has 1 heterocycles. The third-order valence-electron chi connectivity index (χ3n) is 3.33. The van der Waals surface area contributed by atoms with Crippen LogP contribution in [0.25, 0.3) is 10.2 Å². The number of nitrogens with zero attached hydrogens (tertiary/aromatic N) is 1. The Kier molecular flexibility index (Phi) is 4.34. The molecule has 116 valence electrons. The number of rotatable bonds is 5. The van der Waals surface area contributed by atoms with Gasteiger partial charge in [0.25, 0.3) is 0 Å². The van der Waals surface area contributed by atoms with Crippen LogP contribution in [0, 0.1) is 0 Å². The normalized spacial score (nSPS) is 10.6. The van der Waals surface area contributed by atoms with Crippen molar-refractivity contribution in [2.45, 2.75) is 12.8 Å². The number of fused-ring (bicyclic) bond motifs is 1. The maximum absolute atomic E-state index is 12.0. The molecule has 0 aliphatic heterocycles. The van der Waals surface area contributed by atoms with Crippen molar-refractivity contribution in [3.63, 3.8) is 0 Å². The molecule has 0 radical (unpaired) electrons. The van der Waals surface area contributed by atoms with E-state index in [4.69, 9.17) is 5.73 Å². The quantitative estimate of drug-likeness (QED) is 0.756. The van der Waals surface area contributed by atoms with Gasteiger partial charge in [0.05, 0.1) is 15.2 Å². The fourth-order valence-corrected chi connectivity index (χ4v) is 3.19. The van der Waals surface area contributed by atoms with Crippen LogP contribution in [0.15, 0.2) is 48.5 Å². The van der Waals surface area contributed by atoms with Gasteiger partial charge >= 0.3 is 0 Å². The number of hydrogen-bond acceptors (Lipinski definition) is 4. The van der Waals surface area contributed by atoms with E-state index >= 15 is 0 Å². The van der Waals surface area contributed by atoms with Gasteiger partial charge in [-0.25, -0.2) is 4.98 Å². The molecule has 2 aromatic carbocycles. The molecule has 3 rings (SSSR count). The Hall–Kier alpha value is -2.73. The number of hydrogen-bond donors (Lipinski definition) is 2. The minimum Gasteiger partial charge on any atom is -0.366 e. The summed E-state index contributed by atoms with van der Waals surface area (Å²) >= 11 is 1.60. The lowest BCUT2D eigenvalue weighted by atomic mass is 10.2. The molecule has 0 unspecified atom stereocenters. The molecule has 0 aliphatic carbocycles. The van der Waals surface area contributed by atoms with Crippen LogP contribution in [0.5, 0.6) is 0 Å². The van der Waals surface area contributed by atoms with Crippen LogP contribution in [-0.2, 0) is 11.2 Å². The van der Waals surface area contributed by atoms with Gasteiger partial charge in [-0.05, 0) is 30.3 Å². The molecule has 0 aliphatic rings. The number of carbonyl (C=O) groups excluding carboxylic acids is 2. The van der Waals surface area contributed by atoms with Gasteiger partial charge in [0.2, 0.25) is 11.8 Å². The van der Waals surface area contributed by atoms with Crippen LogP contribution in [0.1, 0.15) is 21.8 Å². The molecule has 0 fully saturated rings. The van der Waals surface area contributed by atoms with Gasteiger partial charge < -0.3 is 11.1 Å². The number of benzene rings is 2. The lowest BCUT2D eigenvalue weighted by Gasteiger charge is -2.05. The molecule has 2 amide bonds. The molecular formula is C17H15N3O2S. The molecule has 23 heavy (non-hydrogen) atoms.